The van der Waals surface area contributed by atoms with Crippen LogP contribution in [0, 0.1) is 5.82 Å². The van der Waals surface area contributed by atoms with Crippen LogP contribution < -0.4 is 0 Å². The molecular formula is C18H28FN3O5S2. The van der Waals surface area contributed by atoms with E-state index in [2.05, 4.69) is 4.90 Å². The molecule has 1 aromatic carbocycles. The molecule has 2 heterocycles. The number of hydrogen-bond acceptors (Lipinski definition) is 6. The zero-order valence-corrected chi connectivity index (χ0v) is 18.2. The van der Waals surface area contributed by atoms with Crippen molar-refractivity contribution in [3.63, 3.8) is 0 Å². The Labute approximate surface area is 172 Å². The van der Waals surface area contributed by atoms with Gasteiger partial charge in [0.15, 0.2) is 0 Å². The van der Waals surface area contributed by atoms with Gasteiger partial charge in [-0.3, -0.25) is 4.90 Å². The van der Waals surface area contributed by atoms with Gasteiger partial charge in [-0.25, -0.2) is 21.2 Å². The van der Waals surface area contributed by atoms with Gasteiger partial charge >= 0.3 is 0 Å². The second-order valence-corrected chi connectivity index (χ2v) is 11.3. The minimum Gasteiger partial charge on any atom is -0.379 e. The molecule has 1 atom stereocenters. The lowest BCUT2D eigenvalue weighted by molar-refractivity contribution is 0.0345. The van der Waals surface area contributed by atoms with Gasteiger partial charge in [-0.2, -0.15) is 8.61 Å². The summed E-state index contributed by atoms with van der Waals surface area (Å²) in [5.74, 6) is -0.622. The normalized spacial score (nSPS) is 22.8. The molecule has 1 unspecified atom stereocenters. The number of sulfonamides is 2. The van der Waals surface area contributed by atoms with E-state index in [1.165, 1.54) is 26.8 Å². The second kappa shape index (κ2) is 9.36. The first-order chi connectivity index (χ1) is 13.7. The number of piperidine rings is 1. The molecule has 0 N–H and O–H groups in total. The summed E-state index contributed by atoms with van der Waals surface area (Å²) >= 11 is 0. The highest BCUT2D eigenvalue weighted by molar-refractivity contribution is 7.89. The van der Waals surface area contributed by atoms with Crippen LogP contribution >= 0.6 is 0 Å². The molecule has 1 aromatic rings. The largest absolute Gasteiger partial charge is 0.379 e. The molecule has 3 rings (SSSR count). The average Bonchev–Trinajstić information content (AvgIpc) is 2.68. The Morgan fingerprint density at radius 2 is 1.90 bits per heavy atom. The van der Waals surface area contributed by atoms with Crippen molar-refractivity contribution in [2.75, 3.05) is 58.7 Å². The molecule has 11 heteroatoms. The van der Waals surface area contributed by atoms with Gasteiger partial charge in [0, 0.05) is 45.3 Å². The molecular weight excluding hydrogens is 421 g/mol. The first kappa shape index (κ1) is 22.6. The predicted octanol–water partition coefficient (Wildman–Crippen LogP) is 0.573. The minimum atomic E-state index is -3.89. The molecule has 2 fully saturated rings. The number of halogens is 1. The molecule has 29 heavy (non-hydrogen) atoms. The van der Waals surface area contributed by atoms with Crippen LogP contribution in [0.4, 0.5) is 4.39 Å². The van der Waals surface area contributed by atoms with E-state index < -0.39 is 31.9 Å². The molecule has 0 aliphatic carbocycles. The smallest absolute Gasteiger partial charge is 0.243 e. The van der Waals surface area contributed by atoms with Crippen LogP contribution in [0.3, 0.4) is 0 Å². The fourth-order valence-corrected chi connectivity index (χ4v) is 6.51. The van der Waals surface area contributed by atoms with Crippen LogP contribution in [0.15, 0.2) is 29.2 Å². The third kappa shape index (κ3) is 5.74. The van der Waals surface area contributed by atoms with Crippen molar-refractivity contribution in [3.05, 3.63) is 30.1 Å². The zero-order valence-electron chi connectivity index (χ0n) is 16.5. The molecule has 2 saturated heterocycles. The highest BCUT2D eigenvalue weighted by Gasteiger charge is 2.36. The molecule has 0 saturated carbocycles. The van der Waals surface area contributed by atoms with Crippen LogP contribution in [-0.2, 0) is 24.8 Å². The Morgan fingerprint density at radius 3 is 2.55 bits per heavy atom. The van der Waals surface area contributed by atoms with E-state index in [0.29, 0.717) is 39.1 Å². The topological polar surface area (TPSA) is 87.2 Å². The second-order valence-electron chi connectivity index (χ2n) is 7.44. The summed E-state index contributed by atoms with van der Waals surface area (Å²) in [7, 11) is -7.40. The van der Waals surface area contributed by atoms with Gasteiger partial charge in [-0.05, 0) is 31.0 Å². The molecule has 2 aliphatic heterocycles. The average molecular weight is 450 g/mol. The van der Waals surface area contributed by atoms with E-state index >= 15 is 0 Å². The lowest BCUT2D eigenvalue weighted by Gasteiger charge is -2.38. The lowest BCUT2D eigenvalue weighted by atomic mass is 10.1. The van der Waals surface area contributed by atoms with E-state index in [0.717, 1.165) is 25.4 Å². The van der Waals surface area contributed by atoms with Crippen molar-refractivity contribution in [1.82, 2.24) is 13.5 Å². The van der Waals surface area contributed by atoms with Gasteiger partial charge in [-0.1, -0.05) is 6.07 Å². The van der Waals surface area contributed by atoms with E-state index in [4.69, 9.17) is 4.74 Å². The molecule has 8 nitrogen and oxygen atoms in total. The monoisotopic (exact) mass is 449 g/mol. The summed E-state index contributed by atoms with van der Waals surface area (Å²) in [6, 6.07) is 4.45. The molecule has 0 amide bonds. The van der Waals surface area contributed by atoms with Gasteiger partial charge in [0.2, 0.25) is 20.0 Å². The molecule has 164 valence electrons. The van der Waals surface area contributed by atoms with Gasteiger partial charge in [-0.15, -0.1) is 0 Å². The highest BCUT2D eigenvalue weighted by atomic mass is 32.2. The van der Waals surface area contributed by atoms with Crippen molar-refractivity contribution in [1.29, 1.82) is 0 Å². The van der Waals surface area contributed by atoms with Gasteiger partial charge < -0.3 is 4.74 Å². The number of rotatable bonds is 7. The fourth-order valence-electron chi connectivity index (χ4n) is 3.83. The Balaban J connectivity index is 1.73. The Kier molecular flexibility index (Phi) is 7.28. The number of hydrogen-bond donors (Lipinski definition) is 0. The third-order valence-electron chi connectivity index (χ3n) is 5.37. The molecule has 0 bridgehead atoms. The zero-order chi connectivity index (χ0) is 21.1. The third-order valence-corrected chi connectivity index (χ3v) is 8.56. The Morgan fingerprint density at radius 1 is 1.17 bits per heavy atom. The van der Waals surface area contributed by atoms with Gasteiger partial charge in [0.1, 0.15) is 5.82 Å². The summed E-state index contributed by atoms with van der Waals surface area (Å²) in [5, 5.41) is 0. The van der Waals surface area contributed by atoms with Crippen LogP contribution in [0.5, 0.6) is 0 Å². The molecule has 0 aromatic heterocycles. The number of nitrogens with zero attached hydrogens (tertiary/aromatic N) is 3. The summed E-state index contributed by atoms with van der Waals surface area (Å²) in [5.41, 5.74) is 0. The van der Waals surface area contributed by atoms with E-state index in [9.17, 15) is 21.2 Å². The maximum Gasteiger partial charge on any atom is 0.243 e. The Hall–Kier alpha value is -1.11. The summed E-state index contributed by atoms with van der Waals surface area (Å²) in [6.45, 7) is 3.99. The quantitative estimate of drug-likeness (QED) is 0.605. The SMILES string of the molecule is CS(=O)(=O)N(CCN1CCOCC1)C1CCCN(S(=O)(=O)c2cccc(F)c2)C1. The summed E-state index contributed by atoms with van der Waals surface area (Å²) in [4.78, 5) is 2.03. The summed E-state index contributed by atoms with van der Waals surface area (Å²) in [6.07, 6.45) is 2.29. The maximum atomic E-state index is 13.5. The van der Waals surface area contributed by atoms with E-state index in [1.807, 2.05) is 0 Å². The van der Waals surface area contributed by atoms with E-state index in [-0.39, 0.29) is 18.0 Å². The Bertz CT molecular complexity index is 904. The van der Waals surface area contributed by atoms with E-state index in [1.54, 1.807) is 0 Å². The van der Waals surface area contributed by atoms with Gasteiger partial charge in [0.25, 0.3) is 0 Å². The standard InChI is InChI=1S/C18H28FN3O5S2/c1-28(23,24)22(9-8-20-10-12-27-13-11-20)17-5-3-7-21(15-17)29(25,26)18-6-2-4-16(19)14-18/h2,4,6,14,17H,3,5,7-13,15H2,1H3. The first-order valence-electron chi connectivity index (χ1n) is 9.70. The lowest BCUT2D eigenvalue weighted by Crippen LogP contribution is -2.53. The van der Waals surface area contributed by atoms with Crippen LogP contribution in [0.2, 0.25) is 0 Å². The van der Waals surface area contributed by atoms with Crippen LogP contribution in [-0.4, -0.2) is 95.1 Å². The first-order valence-corrected chi connectivity index (χ1v) is 13.0. The number of benzene rings is 1. The number of ether oxygens (including phenoxy) is 1. The molecule has 2 aliphatic rings. The summed E-state index contributed by atoms with van der Waals surface area (Å²) < 4.78 is 72.3. The van der Waals surface area contributed by atoms with Crippen molar-refractivity contribution in [2.45, 2.75) is 23.8 Å². The molecule has 0 radical (unpaired) electrons. The fraction of sp³-hybridized carbons (Fsp3) is 0.667. The van der Waals surface area contributed by atoms with Crippen molar-refractivity contribution >= 4 is 20.0 Å². The predicted molar refractivity (Wildman–Crippen MR) is 107 cm³/mol. The maximum absolute atomic E-state index is 13.5. The van der Waals surface area contributed by atoms with Crippen LogP contribution in [0.1, 0.15) is 12.8 Å². The van der Waals surface area contributed by atoms with Crippen molar-refractivity contribution in [3.8, 4) is 0 Å². The van der Waals surface area contributed by atoms with Crippen molar-refractivity contribution in [2.24, 2.45) is 0 Å². The van der Waals surface area contributed by atoms with Gasteiger partial charge in [0.05, 0.1) is 24.4 Å². The van der Waals surface area contributed by atoms with Crippen LogP contribution in [0.25, 0.3) is 0 Å². The number of morpholine rings is 1. The molecule has 0 spiro atoms. The van der Waals surface area contributed by atoms with Crippen molar-refractivity contribution < 1.29 is 26.0 Å². The minimum absolute atomic E-state index is 0.0645. The highest BCUT2D eigenvalue weighted by Crippen LogP contribution is 2.25.